The van der Waals surface area contributed by atoms with Crippen molar-refractivity contribution in [3.05, 3.63) is 35.7 Å². The minimum absolute atomic E-state index is 0.0782. The predicted octanol–water partition coefficient (Wildman–Crippen LogP) is 6.38. The number of unbranched alkanes of at least 4 members (excludes halogenated alkanes) is 6. The largest absolute Gasteiger partial charge is 0.465 e. The maximum absolute atomic E-state index is 12.2. The molecule has 208 valence electrons. The van der Waals surface area contributed by atoms with Crippen LogP contribution < -0.4 is 5.32 Å². The highest BCUT2D eigenvalue weighted by atomic mass is 16.6. The molecule has 0 spiro atoms. The van der Waals surface area contributed by atoms with Gasteiger partial charge in [0, 0.05) is 18.7 Å². The highest BCUT2D eigenvalue weighted by Gasteiger charge is 2.32. The van der Waals surface area contributed by atoms with Gasteiger partial charge in [0.1, 0.15) is 5.60 Å². The van der Waals surface area contributed by atoms with Crippen LogP contribution in [0.15, 0.2) is 33.8 Å². The molecule has 0 saturated carbocycles. The van der Waals surface area contributed by atoms with Crippen molar-refractivity contribution in [3.8, 4) is 11.4 Å². The summed E-state index contributed by atoms with van der Waals surface area (Å²) in [5, 5.41) is 15.6. The number of nitrogens with zero attached hydrogens (tertiary/aromatic N) is 4. The number of amides is 2. The van der Waals surface area contributed by atoms with Crippen molar-refractivity contribution in [3.63, 3.8) is 0 Å². The first-order chi connectivity index (χ1) is 18.1. The Morgan fingerprint density at radius 1 is 1.13 bits per heavy atom. The van der Waals surface area contributed by atoms with Gasteiger partial charge in [0.2, 0.25) is 17.7 Å². The van der Waals surface area contributed by atoms with Crippen LogP contribution in [0.4, 0.5) is 9.59 Å². The molecule has 0 bridgehead atoms. The van der Waals surface area contributed by atoms with Crippen molar-refractivity contribution in [2.24, 2.45) is 4.99 Å². The van der Waals surface area contributed by atoms with E-state index in [4.69, 9.17) is 9.26 Å². The number of nitrogens with one attached hydrogen (secondary N) is 1. The average Bonchev–Trinajstić information content (AvgIpc) is 3.52. The Kier molecular flexibility index (Phi) is 10.7. The van der Waals surface area contributed by atoms with Gasteiger partial charge in [-0.2, -0.15) is 4.98 Å². The molecule has 10 heteroatoms. The van der Waals surface area contributed by atoms with Gasteiger partial charge >= 0.3 is 12.2 Å². The Balaban J connectivity index is 1.55. The fraction of sp³-hybridized carbons (Fsp3) is 0.607. The van der Waals surface area contributed by atoms with Crippen LogP contribution in [0.3, 0.4) is 0 Å². The van der Waals surface area contributed by atoms with Gasteiger partial charge in [-0.3, -0.25) is 5.32 Å². The molecule has 38 heavy (non-hydrogen) atoms. The predicted molar refractivity (Wildman–Crippen MR) is 145 cm³/mol. The molecule has 2 aromatic rings. The maximum atomic E-state index is 12.2. The van der Waals surface area contributed by atoms with Crippen molar-refractivity contribution in [2.45, 2.75) is 97.0 Å². The maximum Gasteiger partial charge on any atom is 0.437 e. The summed E-state index contributed by atoms with van der Waals surface area (Å²) in [6.45, 7) is 8.23. The van der Waals surface area contributed by atoms with E-state index < -0.39 is 17.8 Å². The third-order valence-corrected chi connectivity index (χ3v) is 6.37. The highest BCUT2D eigenvalue weighted by molar-refractivity contribution is 5.98. The fourth-order valence-electron chi connectivity index (χ4n) is 4.42. The first kappa shape index (κ1) is 29.1. The van der Waals surface area contributed by atoms with Gasteiger partial charge in [-0.25, -0.2) is 9.59 Å². The molecule has 2 N–H and O–H groups in total. The molecule has 2 heterocycles. The Bertz CT molecular complexity index is 1070. The number of likely N-dealkylation sites (tertiary alicyclic amines) is 1. The second-order valence-electron chi connectivity index (χ2n) is 10.8. The zero-order valence-electron chi connectivity index (χ0n) is 23.0. The summed E-state index contributed by atoms with van der Waals surface area (Å²) in [4.78, 5) is 33.5. The number of carbonyl (C=O) groups excluding carboxylic acids is 1. The topological polar surface area (TPSA) is 130 Å². The summed E-state index contributed by atoms with van der Waals surface area (Å²) in [5.74, 6) is 0.798. The summed E-state index contributed by atoms with van der Waals surface area (Å²) < 4.78 is 10.8. The number of carbonyl (C=O) groups is 2. The molecular formula is C28H41N5O5. The quantitative estimate of drug-likeness (QED) is 0.207. The van der Waals surface area contributed by atoms with Crippen LogP contribution >= 0.6 is 0 Å². The molecular weight excluding hydrogens is 486 g/mol. The second-order valence-corrected chi connectivity index (χ2v) is 10.8. The summed E-state index contributed by atoms with van der Waals surface area (Å²) in [6, 6.07) is 8.29. The molecule has 10 nitrogen and oxygen atoms in total. The van der Waals surface area contributed by atoms with Crippen LogP contribution in [-0.2, 0) is 11.2 Å². The van der Waals surface area contributed by atoms with Gasteiger partial charge in [-0.15, -0.1) is 4.99 Å². The summed E-state index contributed by atoms with van der Waals surface area (Å²) in [6.07, 6.45) is 8.61. The summed E-state index contributed by atoms with van der Waals surface area (Å²) in [7, 11) is 0. The number of aryl methyl sites for hydroxylation is 1. The van der Waals surface area contributed by atoms with Gasteiger partial charge in [0.05, 0.1) is 5.92 Å². The van der Waals surface area contributed by atoms with Crippen molar-refractivity contribution in [1.29, 1.82) is 0 Å². The van der Waals surface area contributed by atoms with Gasteiger partial charge < -0.3 is 19.3 Å². The number of rotatable bonds is 10. The first-order valence-electron chi connectivity index (χ1n) is 13.6. The van der Waals surface area contributed by atoms with Crippen LogP contribution in [-0.4, -0.2) is 57.0 Å². The molecule has 1 saturated heterocycles. The van der Waals surface area contributed by atoms with Crippen LogP contribution in [0.1, 0.15) is 96.4 Å². The van der Waals surface area contributed by atoms with Crippen molar-refractivity contribution < 1.29 is 24.0 Å². The van der Waals surface area contributed by atoms with E-state index in [9.17, 15) is 14.7 Å². The monoisotopic (exact) mass is 527 g/mol. The lowest BCUT2D eigenvalue weighted by atomic mass is 10.0. The highest BCUT2D eigenvalue weighted by Crippen LogP contribution is 2.28. The molecule has 1 aliphatic heterocycles. The Labute approximate surface area is 224 Å². The van der Waals surface area contributed by atoms with E-state index in [0.29, 0.717) is 31.2 Å². The van der Waals surface area contributed by atoms with Gasteiger partial charge in [-0.1, -0.05) is 74.9 Å². The van der Waals surface area contributed by atoms with Crippen LogP contribution in [0, 0.1) is 0 Å². The molecule has 1 unspecified atom stereocenters. The van der Waals surface area contributed by atoms with Crippen LogP contribution in [0.5, 0.6) is 0 Å². The minimum atomic E-state index is -1.31. The van der Waals surface area contributed by atoms with Crippen LogP contribution in [0.25, 0.3) is 11.4 Å². The molecule has 1 fully saturated rings. The van der Waals surface area contributed by atoms with Crippen molar-refractivity contribution in [1.82, 2.24) is 20.4 Å². The first-order valence-corrected chi connectivity index (χ1v) is 13.6. The lowest BCUT2D eigenvalue weighted by Crippen LogP contribution is -2.43. The third-order valence-electron chi connectivity index (χ3n) is 6.37. The zero-order valence-corrected chi connectivity index (χ0v) is 23.0. The van der Waals surface area contributed by atoms with E-state index in [1.165, 1.54) is 50.5 Å². The average molecular weight is 528 g/mol. The number of aliphatic imine (C=N–C) groups is 1. The smallest absolute Gasteiger partial charge is 0.437 e. The van der Waals surface area contributed by atoms with Gasteiger partial charge in [0.25, 0.3) is 0 Å². The van der Waals surface area contributed by atoms with E-state index in [0.717, 1.165) is 12.0 Å². The number of hydrogen-bond acceptors (Lipinski definition) is 6. The second kappa shape index (κ2) is 13.9. The van der Waals surface area contributed by atoms with E-state index in [1.54, 1.807) is 25.7 Å². The fourth-order valence-corrected chi connectivity index (χ4v) is 4.42. The Morgan fingerprint density at radius 2 is 1.82 bits per heavy atom. The number of benzene rings is 1. The van der Waals surface area contributed by atoms with Crippen molar-refractivity contribution >= 4 is 18.1 Å². The standard InChI is InChI=1S/C28H41N5O5/c1-5-6-7-8-9-10-11-12-20-13-15-21(16-14-20)23-29-24(38-32-23)22-17-18-33(19-22)25(30-26(34)35)31-27(36)37-28(2,3)4/h13-16,22H,5-12,17-19H2,1-4H3,(H,34,35)(H,30,31,36). The number of hydrogen-bond donors (Lipinski definition) is 2. The molecule has 1 aromatic carbocycles. The summed E-state index contributed by atoms with van der Waals surface area (Å²) in [5.41, 5.74) is 1.45. The number of ether oxygens (including phenoxy) is 1. The molecule has 0 aliphatic carbocycles. The zero-order chi connectivity index (χ0) is 27.5. The SMILES string of the molecule is CCCCCCCCCc1ccc(-c2noc(C3CCN(C(=NC(=O)OC(C)(C)C)NC(=O)O)C3)n2)cc1. The molecule has 2 amide bonds. The van der Waals surface area contributed by atoms with E-state index in [1.807, 2.05) is 12.1 Å². The van der Waals surface area contributed by atoms with Crippen LogP contribution in [0.2, 0.25) is 0 Å². The molecule has 1 aliphatic rings. The Morgan fingerprint density at radius 3 is 2.47 bits per heavy atom. The Hall–Kier alpha value is -3.43. The minimum Gasteiger partial charge on any atom is -0.465 e. The van der Waals surface area contributed by atoms with E-state index in [2.05, 4.69) is 39.5 Å². The van der Waals surface area contributed by atoms with Crippen molar-refractivity contribution in [2.75, 3.05) is 13.1 Å². The number of aromatic nitrogens is 2. The van der Waals surface area contributed by atoms with Gasteiger partial charge in [-0.05, 0) is 45.6 Å². The molecule has 1 aromatic heterocycles. The van der Waals surface area contributed by atoms with Gasteiger partial charge in [0.15, 0.2) is 0 Å². The molecule has 1 atom stereocenters. The normalized spacial score (nSPS) is 16.1. The lowest BCUT2D eigenvalue weighted by molar-refractivity contribution is 0.0601. The van der Waals surface area contributed by atoms with E-state index in [-0.39, 0.29) is 11.9 Å². The lowest BCUT2D eigenvalue weighted by Gasteiger charge is -2.21. The van der Waals surface area contributed by atoms with E-state index >= 15 is 0 Å². The third kappa shape index (κ3) is 9.46. The molecule has 3 rings (SSSR count). The number of guanidine groups is 1. The summed E-state index contributed by atoms with van der Waals surface area (Å²) >= 11 is 0. The molecule has 0 radical (unpaired) electrons. The number of carboxylic acid groups (broad SMARTS) is 1.